The van der Waals surface area contributed by atoms with Crippen molar-refractivity contribution in [2.75, 3.05) is 19.6 Å². The summed E-state index contributed by atoms with van der Waals surface area (Å²) in [5.41, 5.74) is -0.251. The number of piperazine rings is 1. The van der Waals surface area contributed by atoms with Gasteiger partial charge in [0, 0.05) is 12.6 Å². The van der Waals surface area contributed by atoms with Crippen molar-refractivity contribution >= 4 is 11.8 Å². The summed E-state index contributed by atoms with van der Waals surface area (Å²) in [5.74, 6) is 0.659. The normalized spacial score (nSPS) is 40.4. The van der Waals surface area contributed by atoms with Gasteiger partial charge in [0.1, 0.15) is 12.1 Å². The van der Waals surface area contributed by atoms with E-state index in [0.29, 0.717) is 5.92 Å². The number of nitrogens with zero attached hydrogens (tertiary/aromatic N) is 2. The van der Waals surface area contributed by atoms with E-state index in [-0.39, 0.29) is 29.3 Å². The highest BCUT2D eigenvalue weighted by atomic mass is 16.2. The number of carbonyl (C=O) groups excluding carboxylic acids is 2. The van der Waals surface area contributed by atoms with Gasteiger partial charge in [-0.15, -0.1) is 0 Å². The molecule has 4 fully saturated rings. The lowest BCUT2D eigenvalue weighted by Gasteiger charge is -2.53. The van der Waals surface area contributed by atoms with Crippen LogP contribution in [0.5, 0.6) is 0 Å². The van der Waals surface area contributed by atoms with Crippen LogP contribution in [0.15, 0.2) is 0 Å². The molecule has 0 spiro atoms. The lowest BCUT2D eigenvalue weighted by Crippen LogP contribution is -2.71. The topological polar surface area (TPSA) is 52.7 Å². The minimum atomic E-state index is -0.406. The molecule has 0 radical (unpaired) electrons. The Morgan fingerprint density at radius 3 is 2.24 bits per heavy atom. The molecule has 5 heteroatoms. The number of nitrogens with one attached hydrogen (secondary N) is 1. The van der Waals surface area contributed by atoms with Gasteiger partial charge in [-0.3, -0.25) is 9.59 Å². The molecule has 4 aliphatic heterocycles. The fraction of sp³-hybridized carbons (Fsp3) is 0.875. The second-order valence-electron chi connectivity index (χ2n) is 7.93. The fourth-order valence-corrected chi connectivity index (χ4v) is 4.08. The van der Waals surface area contributed by atoms with Crippen molar-refractivity contribution in [3.8, 4) is 0 Å². The monoisotopic (exact) mass is 293 g/mol. The van der Waals surface area contributed by atoms with E-state index in [4.69, 9.17) is 0 Å². The Balaban J connectivity index is 1.88. The largest absolute Gasteiger partial charge is 0.342 e. The highest BCUT2D eigenvalue weighted by Gasteiger charge is 2.49. The minimum absolute atomic E-state index is 0.00836. The van der Waals surface area contributed by atoms with Crippen LogP contribution in [0.3, 0.4) is 0 Å². The Morgan fingerprint density at radius 1 is 1.14 bits per heavy atom. The van der Waals surface area contributed by atoms with Gasteiger partial charge in [-0.1, -0.05) is 20.8 Å². The average Bonchev–Trinajstić information content (AvgIpc) is 2.43. The maximum Gasteiger partial charge on any atom is 0.246 e. The van der Waals surface area contributed by atoms with Crippen molar-refractivity contribution in [2.24, 2.45) is 11.3 Å². The minimum Gasteiger partial charge on any atom is -0.342 e. The molecule has 0 aromatic rings. The predicted octanol–water partition coefficient (Wildman–Crippen LogP) is 0.842. The lowest BCUT2D eigenvalue weighted by molar-refractivity contribution is -0.159. The number of amides is 2. The van der Waals surface area contributed by atoms with Gasteiger partial charge in [0.2, 0.25) is 11.8 Å². The van der Waals surface area contributed by atoms with Crippen LogP contribution in [0.1, 0.15) is 40.5 Å². The van der Waals surface area contributed by atoms with E-state index in [2.05, 4.69) is 10.2 Å². The number of hydrogen-bond acceptors (Lipinski definition) is 3. The van der Waals surface area contributed by atoms with Gasteiger partial charge in [0.05, 0.1) is 0 Å². The van der Waals surface area contributed by atoms with Crippen LogP contribution in [-0.4, -0.2) is 59.4 Å². The molecule has 21 heavy (non-hydrogen) atoms. The van der Waals surface area contributed by atoms with E-state index in [1.165, 1.54) is 0 Å². The third-order valence-corrected chi connectivity index (χ3v) is 5.43. The van der Waals surface area contributed by atoms with Gasteiger partial charge < -0.3 is 15.1 Å². The van der Waals surface area contributed by atoms with Crippen LogP contribution < -0.4 is 5.32 Å². The highest BCUT2D eigenvalue weighted by molar-refractivity contribution is 5.97. The highest BCUT2D eigenvalue weighted by Crippen LogP contribution is 2.35. The molecule has 0 aromatic heterocycles. The molecular weight excluding hydrogens is 266 g/mol. The van der Waals surface area contributed by atoms with Crippen LogP contribution in [0.4, 0.5) is 0 Å². The third-order valence-electron chi connectivity index (χ3n) is 5.43. The molecule has 3 atom stereocenters. The lowest BCUT2D eigenvalue weighted by atomic mass is 9.79. The molecule has 4 saturated heterocycles. The summed E-state index contributed by atoms with van der Waals surface area (Å²) < 4.78 is 0. The second kappa shape index (κ2) is 4.97. The molecule has 3 unspecified atom stereocenters. The zero-order valence-corrected chi connectivity index (χ0v) is 13.6. The van der Waals surface area contributed by atoms with Crippen molar-refractivity contribution in [2.45, 2.75) is 58.7 Å². The van der Waals surface area contributed by atoms with Gasteiger partial charge in [0.25, 0.3) is 0 Å². The molecule has 4 rings (SSSR count). The number of fused-ring (bicyclic) bond motifs is 3. The van der Waals surface area contributed by atoms with Crippen molar-refractivity contribution in [3.63, 3.8) is 0 Å². The molecule has 4 aliphatic rings. The molecule has 4 heterocycles. The summed E-state index contributed by atoms with van der Waals surface area (Å²) in [6, 6.07) is -0.538. The smallest absolute Gasteiger partial charge is 0.246 e. The molecule has 5 nitrogen and oxygen atoms in total. The van der Waals surface area contributed by atoms with E-state index < -0.39 is 6.04 Å². The van der Waals surface area contributed by atoms with Gasteiger partial charge in [-0.25, -0.2) is 0 Å². The summed E-state index contributed by atoms with van der Waals surface area (Å²) in [5, 5.41) is 2.93. The van der Waals surface area contributed by atoms with Crippen molar-refractivity contribution in [1.29, 1.82) is 0 Å². The Bertz CT molecular complexity index is 449. The molecule has 0 aromatic carbocycles. The van der Waals surface area contributed by atoms with Crippen LogP contribution in [0.2, 0.25) is 0 Å². The van der Waals surface area contributed by atoms with E-state index in [1.807, 2.05) is 32.6 Å². The first-order chi connectivity index (χ1) is 9.79. The van der Waals surface area contributed by atoms with E-state index in [0.717, 1.165) is 32.5 Å². The van der Waals surface area contributed by atoms with Gasteiger partial charge in [-0.05, 0) is 44.2 Å². The molecule has 2 bridgehead atoms. The summed E-state index contributed by atoms with van der Waals surface area (Å²) in [7, 11) is 0. The van der Waals surface area contributed by atoms with E-state index in [1.54, 1.807) is 0 Å². The average molecular weight is 293 g/mol. The van der Waals surface area contributed by atoms with Gasteiger partial charge >= 0.3 is 0 Å². The quantitative estimate of drug-likeness (QED) is 0.779. The SMILES string of the molecule is CC1C(=O)NC(C(C)(C)C)C(=O)N1C1CN2CCC1CC2. The van der Waals surface area contributed by atoms with Gasteiger partial charge in [-0.2, -0.15) is 0 Å². The van der Waals surface area contributed by atoms with Crippen molar-refractivity contribution < 1.29 is 9.59 Å². The maximum absolute atomic E-state index is 13.0. The summed E-state index contributed by atoms with van der Waals surface area (Å²) in [4.78, 5) is 29.7. The van der Waals surface area contributed by atoms with Crippen molar-refractivity contribution in [3.05, 3.63) is 0 Å². The Morgan fingerprint density at radius 2 is 1.76 bits per heavy atom. The Kier molecular flexibility index (Phi) is 3.51. The first-order valence-corrected chi connectivity index (χ1v) is 8.14. The first kappa shape index (κ1) is 14.8. The molecule has 1 N–H and O–H groups in total. The number of piperidine rings is 3. The molecule has 118 valence electrons. The van der Waals surface area contributed by atoms with Crippen LogP contribution in [-0.2, 0) is 9.59 Å². The van der Waals surface area contributed by atoms with Crippen LogP contribution in [0, 0.1) is 11.3 Å². The summed E-state index contributed by atoms with van der Waals surface area (Å²) >= 11 is 0. The number of hydrogen-bond donors (Lipinski definition) is 1. The molecule has 0 aliphatic carbocycles. The summed E-state index contributed by atoms with van der Waals surface area (Å²) in [6.45, 7) is 11.1. The molecule has 0 saturated carbocycles. The zero-order valence-electron chi connectivity index (χ0n) is 13.6. The Hall–Kier alpha value is -1.10. The van der Waals surface area contributed by atoms with Crippen LogP contribution in [0.25, 0.3) is 0 Å². The maximum atomic E-state index is 13.0. The predicted molar refractivity (Wildman–Crippen MR) is 80.6 cm³/mol. The number of rotatable bonds is 1. The number of carbonyl (C=O) groups is 2. The van der Waals surface area contributed by atoms with Gasteiger partial charge in [0.15, 0.2) is 0 Å². The van der Waals surface area contributed by atoms with Crippen LogP contribution >= 0.6 is 0 Å². The molecule has 2 amide bonds. The second-order valence-corrected chi connectivity index (χ2v) is 7.93. The van der Waals surface area contributed by atoms with E-state index in [9.17, 15) is 9.59 Å². The summed E-state index contributed by atoms with van der Waals surface area (Å²) in [6.07, 6.45) is 2.31. The van der Waals surface area contributed by atoms with E-state index >= 15 is 0 Å². The zero-order chi connectivity index (χ0) is 15.4. The first-order valence-electron chi connectivity index (χ1n) is 8.14. The standard InChI is InChI=1S/C16H27N3O2/c1-10-14(20)17-13(16(2,3)4)15(21)19(10)12-9-18-7-5-11(12)6-8-18/h10-13H,5-9H2,1-4H3,(H,17,20). The Labute approximate surface area is 127 Å². The molecular formula is C16H27N3O2. The third kappa shape index (κ3) is 2.45. The van der Waals surface area contributed by atoms with Crippen molar-refractivity contribution in [1.82, 2.24) is 15.1 Å². The fourth-order valence-electron chi connectivity index (χ4n) is 4.08.